The maximum Gasteiger partial charge on any atom is 0.178 e. The van der Waals surface area contributed by atoms with E-state index in [-0.39, 0.29) is 10.9 Å². The number of thiophene rings is 2. The molecule has 0 saturated carbocycles. The Morgan fingerprint density at radius 1 is 1.27 bits per heavy atom. The summed E-state index contributed by atoms with van der Waals surface area (Å²) in [5.74, 6) is -0.265. The van der Waals surface area contributed by atoms with E-state index in [1.807, 2.05) is 0 Å². The van der Waals surface area contributed by atoms with Crippen molar-refractivity contribution in [1.82, 2.24) is 0 Å². The number of rotatable bonds is 0. The summed E-state index contributed by atoms with van der Waals surface area (Å²) < 4.78 is 26.7. The second kappa shape index (κ2) is 2.25. The fourth-order valence-electron chi connectivity index (χ4n) is 0.944. The van der Waals surface area contributed by atoms with Crippen molar-refractivity contribution < 1.29 is 8.78 Å². The first-order chi connectivity index (χ1) is 5.18. The van der Waals surface area contributed by atoms with Crippen molar-refractivity contribution >= 4 is 32.1 Å². The third kappa shape index (κ3) is 0.973. The third-order valence-electron chi connectivity index (χ3n) is 1.44. The highest BCUT2D eigenvalue weighted by Crippen LogP contribution is 2.34. The minimum Gasteiger partial charge on any atom is -0.204 e. The highest BCUT2D eigenvalue weighted by molar-refractivity contribution is 7.27. The SMILES string of the molecule is Cc1sc2cc(F)sc2c1F. The first-order valence-corrected chi connectivity index (χ1v) is 4.65. The highest BCUT2D eigenvalue weighted by atomic mass is 32.1. The molecule has 0 fully saturated rings. The van der Waals surface area contributed by atoms with Gasteiger partial charge in [-0.25, -0.2) is 4.39 Å². The van der Waals surface area contributed by atoms with Crippen LogP contribution in [0.15, 0.2) is 6.07 Å². The normalized spacial score (nSPS) is 11.2. The Morgan fingerprint density at radius 2 is 2.00 bits per heavy atom. The minimum atomic E-state index is -0.315. The average molecular weight is 190 g/mol. The molecule has 0 aromatic carbocycles. The minimum absolute atomic E-state index is 0.265. The van der Waals surface area contributed by atoms with E-state index in [4.69, 9.17) is 0 Å². The maximum absolute atomic E-state index is 13.0. The van der Waals surface area contributed by atoms with Crippen LogP contribution in [0.2, 0.25) is 0 Å². The van der Waals surface area contributed by atoms with Crippen LogP contribution in [0.5, 0.6) is 0 Å². The Bertz CT molecular complexity index is 400. The van der Waals surface area contributed by atoms with E-state index >= 15 is 0 Å². The number of hydrogen-bond acceptors (Lipinski definition) is 2. The van der Waals surface area contributed by atoms with Gasteiger partial charge >= 0.3 is 0 Å². The van der Waals surface area contributed by atoms with Gasteiger partial charge in [0.05, 0.1) is 9.40 Å². The first-order valence-electron chi connectivity index (χ1n) is 3.02. The molecule has 2 heterocycles. The van der Waals surface area contributed by atoms with Crippen molar-refractivity contribution in [3.05, 3.63) is 21.9 Å². The van der Waals surface area contributed by atoms with Crippen LogP contribution in [-0.2, 0) is 0 Å². The van der Waals surface area contributed by atoms with Crippen LogP contribution in [0.1, 0.15) is 4.88 Å². The van der Waals surface area contributed by atoms with Gasteiger partial charge in [-0.2, -0.15) is 4.39 Å². The molecule has 0 N–H and O–H groups in total. The molecule has 0 aliphatic rings. The van der Waals surface area contributed by atoms with Gasteiger partial charge in [-0.15, -0.1) is 22.7 Å². The van der Waals surface area contributed by atoms with Crippen molar-refractivity contribution in [2.24, 2.45) is 0 Å². The van der Waals surface area contributed by atoms with E-state index < -0.39 is 0 Å². The Kier molecular flexibility index (Phi) is 1.47. The van der Waals surface area contributed by atoms with Crippen LogP contribution >= 0.6 is 22.7 Å². The number of halogens is 2. The summed E-state index contributed by atoms with van der Waals surface area (Å²) in [5, 5.41) is -0.315. The van der Waals surface area contributed by atoms with Crippen LogP contribution in [0, 0.1) is 17.9 Å². The maximum atomic E-state index is 13.0. The molecule has 0 unspecified atom stereocenters. The largest absolute Gasteiger partial charge is 0.204 e. The van der Waals surface area contributed by atoms with Crippen molar-refractivity contribution in [3.63, 3.8) is 0 Å². The van der Waals surface area contributed by atoms with Crippen molar-refractivity contribution in [2.75, 3.05) is 0 Å². The molecule has 0 bridgehead atoms. The van der Waals surface area contributed by atoms with Gasteiger partial charge in [-0.1, -0.05) is 0 Å². The van der Waals surface area contributed by atoms with Crippen LogP contribution in [0.3, 0.4) is 0 Å². The predicted molar refractivity (Wildman–Crippen MR) is 44.4 cm³/mol. The summed E-state index contributed by atoms with van der Waals surface area (Å²) in [7, 11) is 0. The summed E-state index contributed by atoms with van der Waals surface area (Å²) in [4.78, 5) is 0.631. The Morgan fingerprint density at radius 3 is 2.64 bits per heavy atom. The molecule has 0 radical (unpaired) electrons. The average Bonchev–Trinajstić information content (AvgIpc) is 2.37. The quantitative estimate of drug-likeness (QED) is 0.596. The zero-order valence-corrected chi connectivity index (χ0v) is 7.28. The number of fused-ring (bicyclic) bond motifs is 1. The molecular weight excluding hydrogens is 186 g/mol. The highest BCUT2D eigenvalue weighted by Gasteiger charge is 2.11. The standard InChI is InChI=1S/C7H4F2S2/c1-3-6(9)7-4(10-3)2-5(8)11-7/h2H,1H3. The second-order valence-corrected chi connectivity index (χ2v) is 4.47. The van der Waals surface area contributed by atoms with Crippen molar-refractivity contribution in [1.29, 1.82) is 0 Å². The van der Waals surface area contributed by atoms with Gasteiger partial charge < -0.3 is 0 Å². The molecule has 0 spiro atoms. The van der Waals surface area contributed by atoms with E-state index in [1.54, 1.807) is 6.92 Å². The third-order valence-corrected chi connectivity index (χ3v) is 3.51. The molecule has 0 aliphatic carbocycles. The zero-order valence-electron chi connectivity index (χ0n) is 5.65. The number of hydrogen-bond donors (Lipinski definition) is 0. The lowest BCUT2D eigenvalue weighted by Crippen LogP contribution is -1.66. The second-order valence-electron chi connectivity index (χ2n) is 2.22. The van der Waals surface area contributed by atoms with E-state index in [2.05, 4.69) is 0 Å². The summed E-state index contributed by atoms with van der Waals surface area (Å²) >= 11 is 2.16. The van der Waals surface area contributed by atoms with Crippen LogP contribution < -0.4 is 0 Å². The van der Waals surface area contributed by atoms with Crippen LogP contribution in [0.25, 0.3) is 9.40 Å². The summed E-state index contributed by atoms with van der Waals surface area (Å²) in [6.45, 7) is 1.70. The van der Waals surface area contributed by atoms with Crippen molar-refractivity contribution in [3.8, 4) is 0 Å². The van der Waals surface area contributed by atoms with Gasteiger partial charge in [0.2, 0.25) is 0 Å². The summed E-state index contributed by atoms with van der Waals surface area (Å²) in [5.41, 5.74) is 0. The van der Waals surface area contributed by atoms with Gasteiger partial charge in [0.15, 0.2) is 10.9 Å². The molecule has 0 atom stereocenters. The van der Waals surface area contributed by atoms with Crippen LogP contribution in [-0.4, -0.2) is 0 Å². The molecule has 0 aliphatic heterocycles. The van der Waals surface area contributed by atoms with Crippen LogP contribution in [0.4, 0.5) is 8.78 Å². The fraction of sp³-hybridized carbons (Fsp3) is 0.143. The van der Waals surface area contributed by atoms with Gasteiger partial charge in [-0.3, -0.25) is 0 Å². The Labute approximate surface area is 70.1 Å². The topological polar surface area (TPSA) is 0 Å². The lowest BCUT2D eigenvalue weighted by Gasteiger charge is -1.79. The van der Waals surface area contributed by atoms with Gasteiger partial charge in [0.1, 0.15) is 0 Å². The predicted octanol–water partition coefficient (Wildman–Crippen LogP) is 3.55. The fourth-order valence-corrected chi connectivity index (χ4v) is 2.97. The smallest absolute Gasteiger partial charge is 0.178 e. The molecule has 2 aromatic rings. The summed E-state index contributed by atoms with van der Waals surface area (Å²) in [6, 6.07) is 1.38. The molecule has 2 rings (SSSR count). The molecule has 0 amide bonds. The molecule has 0 nitrogen and oxygen atoms in total. The zero-order chi connectivity index (χ0) is 8.01. The van der Waals surface area contributed by atoms with E-state index in [0.29, 0.717) is 14.3 Å². The first kappa shape index (κ1) is 7.18. The number of aryl methyl sites for hydroxylation is 1. The molecule has 11 heavy (non-hydrogen) atoms. The van der Waals surface area contributed by atoms with E-state index in [1.165, 1.54) is 17.4 Å². The van der Waals surface area contributed by atoms with E-state index in [9.17, 15) is 8.78 Å². The molecule has 2 aromatic heterocycles. The Balaban J connectivity index is 2.88. The lowest BCUT2D eigenvalue weighted by molar-refractivity contribution is 0.638. The van der Waals surface area contributed by atoms with Gasteiger partial charge in [-0.05, 0) is 6.92 Å². The van der Waals surface area contributed by atoms with Gasteiger partial charge in [0.25, 0.3) is 0 Å². The molecule has 4 heteroatoms. The summed E-state index contributed by atoms with van der Waals surface area (Å²) in [6.07, 6.45) is 0. The monoisotopic (exact) mass is 190 g/mol. The molecule has 0 saturated heterocycles. The molecule has 58 valence electrons. The van der Waals surface area contributed by atoms with Crippen molar-refractivity contribution in [2.45, 2.75) is 6.92 Å². The Hall–Kier alpha value is -0.480. The van der Waals surface area contributed by atoms with E-state index in [0.717, 1.165) is 11.3 Å². The molecular formula is C7H4F2S2. The lowest BCUT2D eigenvalue weighted by atomic mass is 10.4. The van der Waals surface area contributed by atoms with Gasteiger partial charge in [0, 0.05) is 10.9 Å².